The van der Waals surface area contributed by atoms with Crippen LogP contribution < -0.4 is 11.1 Å². The highest BCUT2D eigenvalue weighted by atomic mass is 16.2. The molecule has 5 heteroatoms. The molecule has 0 radical (unpaired) electrons. The average Bonchev–Trinajstić information content (AvgIpc) is 2.76. The second kappa shape index (κ2) is 5.31. The molecule has 1 fully saturated rings. The Morgan fingerprint density at radius 3 is 2.88 bits per heavy atom. The Morgan fingerprint density at radius 2 is 2.35 bits per heavy atom. The molecule has 0 spiro atoms. The molecule has 1 saturated carbocycles. The first kappa shape index (κ1) is 12.1. The van der Waals surface area contributed by atoms with Gasteiger partial charge in [0.15, 0.2) is 0 Å². The van der Waals surface area contributed by atoms with E-state index in [1.54, 1.807) is 6.20 Å². The van der Waals surface area contributed by atoms with Crippen molar-refractivity contribution in [2.45, 2.75) is 32.2 Å². The van der Waals surface area contributed by atoms with Crippen LogP contribution in [0.25, 0.3) is 0 Å². The van der Waals surface area contributed by atoms with E-state index in [0.717, 1.165) is 32.2 Å². The van der Waals surface area contributed by atoms with Crippen molar-refractivity contribution in [3.8, 4) is 0 Å². The van der Waals surface area contributed by atoms with E-state index in [-0.39, 0.29) is 11.3 Å². The summed E-state index contributed by atoms with van der Waals surface area (Å²) in [5.74, 6) is 0.131. The smallest absolute Gasteiger partial charge is 0.227 e. The number of aryl methyl sites for hydroxylation is 1. The summed E-state index contributed by atoms with van der Waals surface area (Å²) in [5, 5.41) is 7.09. The summed E-state index contributed by atoms with van der Waals surface area (Å²) in [6, 6.07) is 1.90. The molecule has 1 aliphatic carbocycles. The number of nitrogens with zero attached hydrogens (tertiary/aromatic N) is 2. The van der Waals surface area contributed by atoms with Gasteiger partial charge < -0.3 is 11.1 Å². The van der Waals surface area contributed by atoms with E-state index in [4.69, 9.17) is 5.73 Å². The Hall–Kier alpha value is -1.36. The van der Waals surface area contributed by atoms with Crippen LogP contribution in [0.4, 0.5) is 0 Å². The van der Waals surface area contributed by atoms with E-state index >= 15 is 0 Å². The van der Waals surface area contributed by atoms with E-state index < -0.39 is 0 Å². The third-order valence-corrected chi connectivity index (χ3v) is 3.59. The van der Waals surface area contributed by atoms with Crippen molar-refractivity contribution in [3.05, 3.63) is 18.5 Å². The molecule has 0 bridgehead atoms. The van der Waals surface area contributed by atoms with Gasteiger partial charge in [-0.25, -0.2) is 0 Å². The lowest BCUT2D eigenvalue weighted by molar-refractivity contribution is -0.135. The number of hydrogen-bond donors (Lipinski definition) is 2. The molecule has 1 heterocycles. The van der Waals surface area contributed by atoms with Gasteiger partial charge in [-0.15, -0.1) is 0 Å². The second-order valence-corrected chi connectivity index (χ2v) is 4.72. The quantitative estimate of drug-likeness (QED) is 0.707. The third-order valence-electron chi connectivity index (χ3n) is 3.59. The van der Waals surface area contributed by atoms with Gasteiger partial charge >= 0.3 is 0 Å². The van der Waals surface area contributed by atoms with Gasteiger partial charge in [0.1, 0.15) is 0 Å². The Morgan fingerprint density at radius 1 is 1.53 bits per heavy atom. The molecule has 0 atom stereocenters. The zero-order valence-corrected chi connectivity index (χ0v) is 10.1. The lowest BCUT2D eigenvalue weighted by Gasteiger charge is -2.39. The first-order valence-electron chi connectivity index (χ1n) is 6.23. The van der Waals surface area contributed by atoms with Crippen molar-refractivity contribution in [3.63, 3.8) is 0 Å². The molecule has 1 aromatic rings. The third kappa shape index (κ3) is 2.66. The zero-order chi connectivity index (χ0) is 12.1. The fourth-order valence-corrected chi connectivity index (χ4v) is 2.19. The summed E-state index contributed by atoms with van der Waals surface area (Å²) in [6.07, 6.45) is 7.58. The van der Waals surface area contributed by atoms with Crippen molar-refractivity contribution >= 4 is 5.91 Å². The molecule has 94 valence electrons. The molecule has 0 aromatic carbocycles. The van der Waals surface area contributed by atoms with E-state index in [0.29, 0.717) is 13.1 Å². The summed E-state index contributed by atoms with van der Waals surface area (Å²) in [4.78, 5) is 11.9. The molecule has 0 unspecified atom stereocenters. The summed E-state index contributed by atoms with van der Waals surface area (Å²) in [7, 11) is 0. The number of nitrogens with one attached hydrogen (secondary N) is 1. The van der Waals surface area contributed by atoms with Gasteiger partial charge in [0.05, 0.1) is 5.41 Å². The molecule has 0 saturated heterocycles. The largest absolute Gasteiger partial charge is 0.356 e. The maximum absolute atomic E-state index is 11.9. The minimum absolute atomic E-state index is 0.131. The number of carbonyl (C=O) groups excluding carboxylic acids is 1. The fourth-order valence-electron chi connectivity index (χ4n) is 2.19. The molecule has 17 heavy (non-hydrogen) atoms. The number of amides is 1. The molecule has 2 rings (SSSR count). The molecule has 3 N–H and O–H groups in total. The Kier molecular flexibility index (Phi) is 3.78. The Labute approximate surface area is 101 Å². The molecular weight excluding hydrogens is 216 g/mol. The van der Waals surface area contributed by atoms with Gasteiger partial charge in [-0.1, -0.05) is 6.42 Å². The van der Waals surface area contributed by atoms with Crippen molar-refractivity contribution < 1.29 is 4.79 Å². The SMILES string of the molecule is NCC1(C(=O)NCCCn2cccn2)CCC1. The van der Waals surface area contributed by atoms with Crippen LogP contribution in [0.15, 0.2) is 18.5 Å². The normalized spacial score (nSPS) is 17.5. The number of rotatable bonds is 6. The summed E-state index contributed by atoms with van der Waals surface area (Å²) in [6.45, 7) is 2.00. The van der Waals surface area contributed by atoms with Crippen LogP contribution in [-0.4, -0.2) is 28.8 Å². The Bertz CT molecular complexity index is 351. The van der Waals surface area contributed by atoms with Crippen LogP contribution in [0.3, 0.4) is 0 Å². The van der Waals surface area contributed by atoms with Crippen molar-refractivity contribution in [2.24, 2.45) is 11.1 Å². The predicted octanol–water partition coefficient (Wildman–Crippen LogP) is 0.518. The zero-order valence-electron chi connectivity index (χ0n) is 10.1. The van der Waals surface area contributed by atoms with Gasteiger partial charge in [0.25, 0.3) is 0 Å². The average molecular weight is 236 g/mol. The van der Waals surface area contributed by atoms with Gasteiger partial charge in [0.2, 0.25) is 5.91 Å². The van der Waals surface area contributed by atoms with E-state index in [1.165, 1.54) is 0 Å². The van der Waals surface area contributed by atoms with Crippen molar-refractivity contribution in [2.75, 3.05) is 13.1 Å². The molecule has 1 aromatic heterocycles. The highest BCUT2D eigenvalue weighted by molar-refractivity contribution is 5.83. The van der Waals surface area contributed by atoms with Crippen LogP contribution in [0.5, 0.6) is 0 Å². The second-order valence-electron chi connectivity index (χ2n) is 4.72. The van der Waals surface area contributed by atoms with Crippen LogP contribution >= 0.6 is 0 Å². The lowest BCUT2D eigenvalue weighted by Crippen LogP contribution is -2.50. The highest BCUT2D eigenvalue weighted by Crippen LogP contribution is 2.39. The number of carbonyl (C=O) groups is 1. The molecule has 1 amide bonds. The van der Waals surface area contributed by atoms with Crippen molar-refractivity contribution in [1.29, 1.82) is 0 Å². The highest BCUT2D eigenvalue weighted by Gasteiger charge is 2.42. The lowest BCUT2D eigenvalue weighted by atomic mass is 9.68. The van der Waals surface area contributed by atoms with E-state index in [1.807, 2.05) is 16.9 Å². The first-order valence-corrected chi connectivity index (χ1v) is 6.23. The maximum atomic E-state index is 11.9. The molecular formula is C12H20N4O. The minimum atomic E-state index is -0.258. The first-order chi connectivity index (χ1) is 8.27. The molecule has 1 aliphatic rings. The topological polar surface area (TPSA) is 72.9 Å². The number of aromatic nitrogens is 2. The summed E-state index contributed by atoms with van der Waals surface area (Å²) in [5.41, 5.74) is 5.42. The monoisotopic (exact) mass is 236 g/mol. The fraction of sp³-hybridized carbons (Fsp3) is 0.667. The standard InChI is InChI=1S/C12H20N4O/c13-10-12(4-1-5-12)11(17)14-6-2-8-16-9-3-7-15-16/h3,7,9H,1-2,4-6,8,10,13H2,(H,14,17). The number of nitrogens with two attached hydrogens (primary N) is 1. The van der Waals surface area contributed by atoms with Crippen LogP contribution in [0.1, 0.15) is 25.7 Å². The summed E-state index contributed by atoms with van der Waals surface area (Å²) >= 11 is 0. The summed E-state index contributed by atoms with van der Waals surface area (Å²) < 4.78 is 1.87. The number of hydrogen-bond acceptors (Lipinski definition) is 3. The molecule has 0 aliphatic heterocycles. The predicted molar refractivity (Wildman–Crippen MR) is 65.2 cm³/mol. The Balaban J connectivity index is 1.66. The molecule has 5 nitrogen and oxygen atoms in total. The van der Waals surface area contributed by atoms with Crippen LogP contribution in [0, 0.1) is 5.41 Å². The minimum Gasteiger partial charge on any atom is -0.356 e. The van der Waals surface area contributed by atoms with E-state index in [9.17, 15) is 4.79 Å². The van der Waals surface area contributed by atoms with Gasteiger partial charge in [-0.3, -0.25) is 9.48 Å². The van der Waals surface area contributed by atoms with E-state index in [2.05, 4.69) is 10.4 Å². The maximum Gasteiger partial charge on any atom is 0.227 e. The van der Waals surface area contributed by atoms with Gasteiger partial charge in [-0.2, -0.15) is 5.10 Å². The van der Waals surface area contributed by atoms with Crippen LogP contribution in [0.2, 0.25) is 0 Å². The van der Waals surface area contributed by atoms with Crippen molar-refractivity contribution in [1.82, 2.24) is 15.1 Å². The van der Waals surface area contributed by atoms with Crippen LogP contribution in [-0.2, 0) is 11.3 Å². The van der Waals surface area contributed by atoms with Gasteiger partial charge in [-0.05, 0) is 25.3 Å². The van der Waals surface area contributed by atoms with Gasteiger partial charge in [0, 0.05) is 32.0 Å².